The number of anilines is 1. The summed E-state index contributed by atoms with van der Waals surface area (Å²) in [5, 5.41) is 5.38. The zero-order valence-electron chi connectivity index (χ0n) is 15.3. The molecule has 0 saturated carbocycles. The summed E-state index contributed by atoms with van der Waals surface area (Å²) in [7, 11) is 1.55. The van der Waals surface area contributed by atoms with E-state index >= 15 is 0 Å². The molecule has 0 bridgehead atoms. The highest BCUT2D eigenvalue weighted by Gasteiger charge is 2.14. The molecule has 2 aromatic rings. The van der Waals surface area contributed by atoms with E-state index in [0.717, 1.165) is 0 Å². The van der Waals surface area contributed by atoms with Crippen LogP contribution in [-0.2, 0) is 9.53 Å². The highest BCUT2D eigenvalue weighted by atomic mass is 16.5. The van der Waals surface area contributed by atoms with Gasteiger partial charge in [-0.3, -0.25) is 14.4 Å². The van der Waals surface area contributed by atoms with Gasteiger partial charge in [0.15, 0.2) is 0 Å². The molecule has 2 N–H and O–H groups in total. The van der Waals surface area contributed by atoms with E-state index < -0.39 is 0 Å². The molecule has 0 unspecified atom stereocenters. The number of hydrogen-bond donors (Lipinski definition) is 2. The molecule has 0 aliphatic carbocycles. The van der Waals surface area contributed by atoms with Crippen molar-refractivity contribution >= 4 is 23.5 Å². The van der Waals surface area contributed by atoms with Crippen LogP contribution in [0.2, 0.25) is 0 Å². The van der Waals surface area contributed by atoms with E-state index in [-0.39, 0.29) is 30.7 Å². The molecule has 7 heteroatoms. The lowest BCUT2D eigenvalue weighted by Gasteiger charge is -2.11. The predicted molar refractivity (Wildman–Crippen MR) is 101 cm³/mol. The zero-order chi connectivity index (χ0) is 19.6. The summed E-state index contributed by atoms with van der Waals surface area (Å²) in [5.74, 6) is -0.457. The molecule has 0 aromatic heterocycles. The van der Waals surface area contributed by atoms with Crippen molar-refractivity contribution in [1.82, 2.24) is 5.32 Å². The second-order valence-corrected chi connectivity index (χ2v) is 5.54. The van der Waals surface area contributed by atoms with Crippen LogP contribution in [0.1, 0.15) is 34.1 Å². The Balaban J connectivity index is 2.02. The minimum absolute atomic E-state index is 0.0833. The number of rotatable bonds is 8. The van der Waals surface area contributed by atoms with Gasteiger partial charge < -0.3 is 20.1 Å². The third kappa shape index (κ3) is 5.85. The van der Waals surface area contributed by atoms with Crippen molar-refractivity contribution in [2.45, 2.75) is 13.3 Å². The Morgan fingerprint density at radius 1 is 0.963 bits per heavy atom. The molecule has 0 fully saturated rings. The van der Waals surface area contributed by atoms with Crippen molar-refractivity contribution < 1.29 is 23.9 Å². The SMILES string of the molecule is CCOC(=O)CCNC(=O)c1ccccc1NC(=O)c1ccc(OC)cc1. The van der Waals surface area contributed by atoms with Crippen molar-refractivity contribution in [2.75, 3.05) is 25.6 Å². The van der Waals surface area contributed by atoms with E-state index in [1.807, 2.05) is 0 Å². The average molecular weight is 370 g/mol. The molecule has 2 aromatic carbocycles. The number of methoxy groups -OCH3 is 1. The van der Waals surface area contributed by atoms with Gasteiger partial charge in [-0.2, -0.15) is 0 Å². The number of nitrogens with one attached hydrogen (secondary N) is 2. The molecule has 142 valence electrons. The normalized spacial score (nSPS) is 10.0. The highest BCUT2D eigenvalue weighted by molar-refractivity contribution is 6.09. The van der Waals surface area contributed by atoms with E-state index in [1.54, 1.807) is 62.6 Å². The third-order valence-corrected chi connectivity index (χ3v) is 3.69. The van der Waals surface area contributed by atoms with Crippen molar-refractivity contribution in [3.8, 4) is 5.75 Å². The first-order valence-corrected chi connectivity index (χ1v) is 8.53. The molecule has 0 atom stereocenters. The standard InChI is InChI=1S/C20H22N2O5/c1-3-27-18(23)12-13-21-20(25)16-6-4-5-7-17(16)22-19(24)14-8-10-15(26-2)11-9-14/h4-11H,3,12-13H2,1-2H3,(H,21,25)(H,22,24). The zero-order valence-corrected chi connectivity index (χ0v) is 15.3. The summed E-state index contributed by atoms with van der Waals surface area (Å²) >= 11 is 0. The van der Waals surface area contributed by atoms with Crippen LogP contribution in [0.15, 0.2) is 48.5 Å². The largest absolute Gasteiger partial charge is 0.497 e. The van der Waals surface area contributed by atoms with Crippen LogP contribution >= 0.6 is 0 Å². The van der Waals surface area contributed by atoms with E-state index in [1.165, 1.54) is 0 Å². The van der Waals surface area contributed by atoms with Gasteiger partial charge in [-0.1, -0.05) is 12.1 Å². The lowest BCUT2D eigenvalue weighted by atomic mass is 10.1. The number of para-hydroxylation sites is 1. The van der Waals surface area contributed by atoms with E-state index in [9.17, 15) is 14.4 Å². The van der Waals surface area contributed by atoms with Crippen molar-refractivity contribution in [2.24, 2.45) is 0 Å². The van der Waals surface area contributed by atoms with Crippen molar-refractivity contribution in [3.05, 3.63) is 59.7 Å². The van der Waals surface area contributed by atoms with Gasteiger partial charge in [-0.05, 0) is 43.3 Å². The van der Waals surface area contributed by atoms with Gasteiger partial charge in [-0.15, -0.1) is 0 Å². The van der Waals surface area contributed by atoms with Gasteiger partial charge in [0.05, 0.1) is 31.4 Å². The molecule has 0 spiro atoms. The number of carbonyl (C=O) groups is 3. The van der Waals surface area contributed by atoms with Gasteiger partial charge in [0.1, 0.15) is 5.75 Å². The quantitative estimate of drug-likeness (QED) is 0.697. The molecule has 7 nitrogen and oxygen atoms in total. The molecule has 27 heavy (non-hydrogen) atoms. The average Bonchev–Trinajstić information content (AvgIpc) is 2.68. The molecular formula is C20H22N2O5. The monoisotopic (exact) mass is 370 g/mol. The summed E-state index contributed by atoms with van der Waals surface area (Å²) in [6.07, 6.45) is 0.0833. The Bertz CT molecular complexity index is 802. The number of esters is 1. The number of amides is 2. The Labute approximate surface area is 157 Å². The Morgan fingerprint density at radius 3 is 2.33 bits per heavy atom. The van der Waals surface area contributed by atoms with Crippen LogP contribution in [-0.4, -0.2) is 38.0 Å². The summed E-state index contributed by atoms with van der Waals surface area (Å²) in [6.45, 7) is 2.17. The first kappa shape index (κ1) is 20.0. The van der Waals surface area contributed by atoms with Gasteiger partial charge in [0.2, 0.25) is 0 Å². The highest BCUT2D eigenvalue weighted by Crippen LogP contribution is 2.17. The number of ether oxygens (including phenoxy) is 2. The van der Waals surface area contributed by atoms with Crippen LogP contribution in [0, 0.1) is 0 Å². The molecule has 0 aliphatic heterocycles. The number of benzene rings is 2. The Kier molecular flexibility index (Phi) is 7.37. The van der Waals surface area contributed by atoms with Gasteiger partial charge in [0, 0.05) is 12.1 Å². The summed E-state index contributed by atoms with van der Waals surface area (Å²) < 4.78 is 9.88. The molecule has 2 amide bonds. The molecule has 0 saturated heterocycles. The maximum atomic E-state index is 12.4. The topological polar surface area (TPSA) is 93.7 Å². The van der Waals surface area contributed by atoms with Crippen LogP contribution in [0.5, 0.6) is 5.75 Å². The maximum Gasteiger partial charge on any atom is 0.307 e. The third-order valence-electron chi connectivity index (χ3n) is 3.69. The van der Waals surface area contributed by atoms with Crippen molar-refractivity contribution in [1.29, 1.82) is 0 Å². The van der Waals surface area contributed by atoms with Crippen LogP contribution < -0.4 is 15.4 Å². The Morgan fingerprint density at radius 2 is 1.67 bits per heavy atom. The lowest BCUT2D eigenvalue weighted by molar-refractivity contribution is -0.142. The molecular weight excluding hydrogens is 348 g/mol. The van der Waals surface area contributed by atoms with E-state index in [4.69, 9.17) is 9.47 Å². The smallest absolute Gasteiger partial charge is 0.307 e. The van der Waals surface area contributed by atoms with Crippen LogP contribution in [0.25, 0.3) is 0 Å². The van der Waals surface area contributed by atoms with Crippen LogP contribution in [0.4, 0.5) is 5.69 Å². The van der Waals surface area contributed by atoms with Crippen LogP contribution in [0.3, 0.4) is 0 Å². The summed E-state index contributed by atoms with van der Waals surface area (Å²) in [6, 6.07) is 13.3. The van der Waals surface area contributed by atoms with Gasteiger partial charge >= 0.3 is 5.97 Å². The summed E-state index contributed by atoms with van der Waals surface area (Å²) in [5.41, 5.74) is 1.13. The second-order valence-electron chi connectivity index (χ2n) is 5.54. The molecule has 0 radical (unpaired) electrons. The maximum absolute atomic E-state index is 12.4. The number of hydrogen-bond acceptors (Lipinski definition) is 5. The minimum Gasteiger partial charge on any atom is -0.497 e. The van der Waals surface area contributed by atoms with E-state index in [0.29, 0.717) is 29.2 Å². The Hall–Kier alpha value is -3.35. The van der Waals surface area contributed by atoms with Gasteiger partial charge in [-0.25, -0.2) is 0 Å². The summed E-state index contributed by atoms with van der Waals surface area (Å²) in [4.78, 5) is 36.1. The first-order valence-electron chi connectivity index (χ1n) is 8.53. The first-order chi connectivity index (χ1) is 13.0. The molecule has 0 heterocycles. The van der Waals surface area contributed by atoms with E-state index in [2.05, 4.69) is 10.6 Å². The lowest BCUT2D eigenvalue weighted by Crippen LogP contribution is -2.27. The fourth-order valence-corrected chi connectivity index (χ4v) is 2.33. The molecule has 2 rings (SSSR count). The number of carbonyl (C=O) groups excluding carboxylic acids is 3. The fourth-order valence-electron chi connectivity index (χ4n) is 2.33. The fraction of sp³-hybridized carbons (Fsp3) is 0.250. The van der Waals surface area contributed by atoms with Gasteiger partial charge in [0.25, 0.3) is 11.8 Å². The predicted octanol–water partition coefficient (Wildman–Crippen LogP) is 2.63. The molecule has 0 aliphatic rings. The van der Waals surface area contributed by atoms with Crippen molar-refractivity contribution in [3.63, 3.8) is 0 Å². The second kappa shape index (κ2) is 9.96. The minimum atomic E-state index is -0.384.